The van der Waals surface area contributed by atoms with Gasteiger partial charge in [0.05, 0.1) is 12.3 Å². The number of hydrogen-bond acceptors (Lipinski definition) is 5. The van der Waals surface area contributed by atoms with Crippen molar-refractivity contribution >= 4 is 18.3 Å². The number of benzene rings is 1. The highest BCUT2D eigenvalue weighted by Gasteiger charge is 2.05. The molecule has 22 heavy (non-hydrogen) atoms. The zero-order valence-electron chi connectivity index (χ0n) is 12.4. The third-order valence-electron chi connectivity index (χ3n) is 2.88. The molecule has 0 aliphatic carbocycles. The van der Waals surface area contributed by atoms with Crippen LogP contribution in [0.2, 0.25) is 0 Å². The molecule has 0 saturated heterocycles. The van der Waals surface area contributed by atoms with Crippen molar-refractivity contribution < 1.29 is 9.53 Å². The van der Waals surface area contributed by atoms with Crippen molar-refractivity contribution in [1.29, 1.82) is 0 Å². The van der Waals surface area contributed by atoms with Gasteiger partial charge in [-0.2, -0.15) is 5.10 Å². The molecule has 1 amide bonds. The van der Waals surface area contributed by atoms with Gasteiger partial charge in [-0.3, -0.25) is 4.79 Å². The average molecular weight is 326 g/mol. The molecule has 0 saturated carbocycles. The molecule has 0 aliphatic heterocycles. The Morgan fingerprint density at radius 2 is 2.00 bits per heavy atom. The van der Waals surface area contributed by atoms with Crippen molar-refractivity contribution in [3.05, 3.63) is 42.5 Å². The molecule has 1 heterocycles. The number of hydrogen-bond donors (Lipinski definition) is 2. The van der Waals surface area contributed by atoms with E-state index >= 15 is 0 Å². The molecule has 2 aromatic rings. The third-order valence-corrected chi connectivity index (χ3v) is 2.88. The maximum atomic E-state index is 11.9. The van der Waals surface area contributed by atoms with Gasteiger partial charge in [0, 0.05) is 32.3 Å². The maximum absolute atomic E-state index is 11.9. The van der Waals surface area contributed by atoms with Gasteiger partial charge >= 0.3 is 0 Å². The number of carbonyl (C=O) groups excluding carboxylic acids is 1. The summed E-state index contributed by atoms with van der Waals surface area (Å²) >= 11 is 0. The molecule has 0 spiro atoms. The molecule has 0 bridgehead atoms. The van der Waals surface area contributed by atoms with Crippen molar-refractivity contribution in [3.8, 4) is 5.69 Å². The molecule has 2 N–H and O–H groups in total. The smallest absolute Gasteiger partial charge is 0.251 e. The summed E-state index contributed by atoms with van der Waals surface area (Å²) in [7, 11) is 1.66. The van der Waals surface area contributed by atoms with E-state index in [0.717, 1.165) is 12.2 Å². The number of nitrogens with one attached hydrogen (secondary N) is 2. The second-order valence-electron chi connectivity index (χ2n) is 4.39. The summed E-state index contributed by atoms with van der Waals surface area (Å²) in [5.74, 6) is -0.0892. The lowest BCUT2D eigenvalue weighted by Crippen LogP contribution is -2.33. The fraction of sp³-hybridized carbons (Fsp3) is 0.357. The highest BCUT2D eigenvalue weighted by Crippen LogP contribution is 2.07. The number of amides is 1. The van der Waals surface area contributed by atoms with Gasteiger partial charge in [0.25, 0.3) is 5.91 Å². The average Bonchev–Trinajstić information content (AvgIpc) is 3.05. The van der Waals surface area contributed by atoms with Gasteiger partial charge in [-0.15, -0.1) is 12.4 Å². The Morgan fingerprint density at radius 1 is 1.23 bits per heavy atom. The predicted octanol–water partition coefficient (Wildman–Crippen LogP) is 0.655. The van der Waals surface area contributed by atoms with Crippen LogP contribution in [0.25, 0.3) is 5.69 Å². The normalized spacial score (nSPS) is 10.0. The van der Waals surface area contributed by atoms with Crippen LogP contribution in [0.5, 0.6) is 0 Å². The molecule has 0 radical (unpaired) electrons. The summed E-state index contributed by atoms with van der Waals surface area (Å²) in [4.78, 5) is 15.8. The van der Waals surface area contributed by atoms with Gasteiger partial charge in [0.1, 0.15) is 12.7 Å². The second kappa shape index (κ2) is 9.88. The van der Waals surface area contributed by atoms with E-state index in [1.54, 1.807) is 30.3 Å². The predicted molar refractivity (Wildman–Crippen MR) is 85.7 cm³/mol. The van der Waals surface area contributed by atoms with E-state index in [0.29, 0.717) is 25.3 Å². The van der Waals surface area contributed by atoms with Crippen LogP contribution < -0.4 is 10.6 Å². The van der Waals surface area contributed by atoms with E-state index in [1.165, 1.54) is 6.33 Å². The van der Waals surface area contributed by atoms with Gasteiger partial charge in [-0.1, -0.05) is 0 Å². The first kappa shape index (κ1) is 18.1. The molecule has 120 valence electrons. The standard InChI is InChI=1S/C14H19N5O2.ClH/c1-21-9-8-15-6-7-17-14(20)12-2-4-13(5-3-12)19-11-16-10-18-19;/h2-5,10-11,15H,6-9H2,1H3,(H,17,20);1H. The molecular formula is C14H20ClN5O2. The van der Waals surface area contributed by atoms with Crippen LogP contribution in [0.15, 0.2) is 36.9 Å². The van der Waals surface area contributed by atoms with E-state index < -0.39 is 0 Å². The number of halogens is 1. The van der Waals surface area contributed by atoms with Gasteiger partial charge in [0.15, 0.2) is 0 Å². The quantitative estimate of drug-likeness (QED) is 0.697. The van der Waals surface area contributed by atoms with Gasteiger partial charge in [-0.05, 0) is 24.3 Å². The minimum atomic E-state index is -0.0892. The summed E-state index contributed by atoms with van der Waals surface area (Å²) in [6.45, 7) is 2.73. The minimum Gasteiger partial charge on any atom is -0.383 e. The first-order valence-electron chi connectivity index (χ1n) is 6.74. The molecule has 8 heteroatoms. The van der Waals surface area contributed by atoms with Crippen LogP contribution in [-0.4, -0.2) is 54.0 Å². The number of methoxy groups -OCH3 is 1. The van der Waals surface area contributed by atoms with Gasteiger partial charge < -0.3 is 15.4 Å². The molecule has 0 fully saturated rings. The molecule has 0 unspecified atom stereocenters. The number of nitrogens with zero attached hydrogens (tertiary/aromatic N) is 3. The Bertz CT molecular complexity index is 545. The van der Waals surface area contributed by atoms with E-state index in [-0.39, 0.29) is 18.3 Å². The summed E-state index contributed by atoms with van der Waals surface area (Å²) in [5, 5.41) is 10.0. The van der Waals surface area contributed by atoms with Gasteiger partial charge in [-0.25, -0.2) is 9.67 Å². The van der Waals surface area contributed by atoms with Crippen LogP contribution in [-0.2, 0) is 4.74 Å². The molecule has 1 aromatic heterocycles. The lowest BCUT2D eigenvalue weighted by atomic mass is 10.2. The summed E-state index contributed by atoms with van der Waals surface area (Å²) in [6, 6.07) is 7.20. The SMILES string of the molecule is COCCNCCNC(=O)c1ccc(-n2cncn2)cc1.Cl. The second-order valence-corrected chi connectivity index (χ2v) is 4.39. The fourth-order valence-electron chi connectivity index (χ4n) is 1.77. The van der Waals surface area contributed by atoms with Crippen molar-refractivity contribution in [3.63, 3.8) is 0 Å². The number of ether oxygens (including phenoxy) is 1. The Labute approximate surface area is 135 Å². The summed E-state index contributed by atoms with van der Waals surface area (Å²) in [6.07, 6.45) is 3.08. The van der Waals surface area contributed by atoms with Crippen LogP contribution in [0.1, 0.15) is 10.4 Å². The summed E-state index contributed by atoms with van der Waals surface area (Å²) < 4.78 is 6.56. The van der Waals surface area contributed by atoms with E-state index in [1.807, 2.05) is 12.1 Å². The fourth-order valence-corrected chi connectivity index (χ4v) is 1.77. The maximum Gasteiger partial charge on any atom is 0.251 e. The highest BCUT2D eigenvalue weighted by atomic mass is 35.5. The molecule has 2 rings (SSSR count). The molecule has 1 aromatic carbocycles. The third kappa shape index (κ3) is 5.44. The van der Waals surface area contributed by atoms with E-state index in [2.05, 4.69) is 20.7 Å². The van der Waals surface area contributed by atoms with Crippen LogP contribution in [0.3, 0.4) is 0 Å². The van der Waals surface area contributed by atoms with E-state index in [4.69, 9.17) is 4.74 Å². The van der Waals surface area contributed by atoms with Crippen molar-refractivity contribution in [2.75, 3.05) is 33.4 Å². The first-order chi connectivity index (χ1) is 10.3. The number of rotatable bonds is 8. The Morgan fingerprint density at radius 3 is 2.64 bits per heavy atom. The van der Waals surface area contributed by atoms with Crippen molar-refractivity contribution in [1.82, 2.24) is 25.4 Å². The van der Waals surface area contributed by atoms with Crippen molar-refractivity contribution in [2.45, 2.75) is 0 Å². The molecular weight excluding hydrogens is 306 g/mol. The number of carbonyl (C=O) groups is 1. The minimum absolute atomic E-state index is 0. The Hall–Kier alpha value is -1.96. The largest absolute Gasteiger partial charge is 0.383 e. The van der Waals surface area contributed by atoms with Crippen molar-refractivity contribution in [2.24, 2.45) is 0 Å². The van der Waals surface area contributed by atoms with Crippen LogP contribution in [0.4, 0.5) is 0 Å². The van der Waals surface area contributed by atoms with Crippen LogP contribution >= 0.6 is 12.4 Å². The monoisotopic (exact) mass is 325 g/mol. The molecule has 0 atom stereocenters. The zero-order valence-corrected chi connectivity index (χ0v) is 13.2. The highest BCUT2D eigenvalue weighted by molar-refractivity contribution is 5.94. The Balaban J connectivity index is 0.00000242. The first-order valence-corrected chi connectivity index (χ1v) is 6.74. The number of aromatic nitrogens is 3. The molecule has 0 aliphatic rings. The molecule has 7 nitrogen and oxygen atoms in total. The van der Waals surface area contributed by atoms with Crippen LogP contribution in [0, 0.1) is 0 Å². The lowest BCUT2D eigenvalue weighted by molar-refractivity contribution is 0.0953. The zero-order chi connectivity index (χ0) is 14.9. The topological polar surface area (TPSA) is 81.1 Å². The lowest BCUT2D eigenvalue weighted by Gasteiger charge is -2.07. The van der Waals surface area contributed by atoms with Gasteiger partial charge in [0.2, 0.25) is 0 Å². The van der Waals surface area contributed by atoms with E-state index in [9.17, 15) is 4.79 Å². The Kier molecular flexibility index (Phi) is 8.13. The summed E-state index contributed by atoms with van der Waals surface area (Å²) in [5.41, 5.74) is 1.49.